The predicted molar refractivity (Wildman–Crippen MR) is 80.6 cm³/mol. The van der Waals surface area contributed by atoms with Gasteiger partial charge in [0.25, 0.3) is 0 Å². The highest BCUT2D eigenvalue weighted by Gasteiger charge is 2.24. The molecular weight excluding hydrogens is 290 g/mol. The Hall–Kier alpha value is -0.920. The summed E-state index contributed by atoms with van der Waals surface area (Å²) in [6.45, 7) is 5.41. The van der Waals surface area contributed by atoms with Crippen LogP contribution in [0.4, 0.5) is 0 Å². The molecule has 0 amide bonds. The van der Waals surface area contributed by atoms with Crippen molar-refractivity contribution >= 4 is 10.0 Å². The van der Waals surface area contributed by atoms with Crippen molar-refractivity contribution < 1.29 is 13.2 Å². The summed E-state index contributed by atoms with van der Waals surface area (Å²) in [5.74, 6) is 0. The molecule has 2 N–H and O–H groups in total. The first-order valence-corrected chi connectivity index (χ1v) is 9.25. The average molecular weight is 315 g/mol. The molecule has 2 rings (SSSR count). The van der Waals surface area contributed by atoms with Gasteiger partial charge in [-0.3, -0.25) is 4.68 Å². The van der Waals surface area contributed by atoms with E-state index in [-0.39, 0.29) is 4.90 Å². The molecule has 0 radical (unpaired) electrons. The molecule has 0 bridgehead atoms. The second-order valence-electron chi connectivity index (χ2n) is 5.48. The Labute approximate surface area is 126 Å². The van der Waals surface area contributed by atoms with Crippen LogP contribution in [-0.4, -0.2) is 30.9 Å². The zero-order chi connectivity index (χ0) is 15.5. The zero-order valence-corrected chi connectivity index (χ0v) is 13.7. The summed E-state index contributed by atoms with van der Waals surface area (Å²) in [6.07, 6.45) is 5.73. The lowest BCUT2D eigenvalue weighted by Gasteiger charge is -2.10. The van der Waals surface area contributed by atoms with Gasteiger partial charge in [-0.05, 0) is 38.5 Å². The number of aromatic nitrogens is 2. The number of rotatable bonds is 7. The minimum Gasteiger partial charge on any atom is -0.378 e. The Morgan fingerprint density at radius 1 is 1.38 bits per heavy atom. The highest BCUT2D eigenvalue weighted by Crippen LogP contribution is 2.22. The van der Waals surface area contributed by atoms with Crippen molar-refractivity contribution in [3.8, 4) is 0 Å². The fourth-order valence-corrected chi connectivity index (χ4v) is 4.06. The van der Waals surface area contributed by atoms with Crippen LogP contribution in [-0.2, 0) is 34.1 Å². The second kappa shape index (κ2) is 6.89. The fraction of sp³-hybridized carbons (Fsp3) is 0.786. The van der Waals surface area contributed by atoms with Crippen LogP contribution < -0.4 is 5.14 Å². The summed E-state index contributed by atoms with van der Waals surface area (Å²) < 4.78 is 31.0. The Kier molecular flexibility index (Phi) is 5.40. The van der Waals surface area contributed by atoms with Crippen LogP contribution in [0.2, 0.25) is 0 Å². The molecule has 6 nitrogen and oxygen atoms in total. The van der Waals surface area contributed by atoms with Gasteiger partial charge in [-0.2, -0.15) is 5.10 Å². The summed E-state index contributed by atoms with van der Waals surface area (Å²) in [6, 6.07) is 0. The van der Waals surface area contributed by atoms with E-state index in [2.05, 4.69) is 5.10 Å². The maximum Gasteiger partial charge on any atom is 0.241 e. The Morgan fingerprint density at radius 2 is 2.14 bits per heavy atom. The molecule has 1 aromatic rings. The second-order valence-corrected chi connectivity index (χ2v) is 6.97. The molecule has 1 aromatic heterocycles. The molecular formula is C14H25N3O3S. The van der Waals surface area contributed by atoms with E-state index in [0.29, 0.717) is 31.2 Å². The lowest BCUT2D eigenvalue weighted by Crippen LogP contribution is -2.16. The van der Waals surface area contributed by atoms with Crippen molar-refractivity contribution in [3.05, 3.63) is 11.4 Å². The van der Waals surface area contributed by atoms with Crippen molar-refractivity contribution in [1.29, 1.82) is 0 Å². The first-order valence-electron chi connectivity index (χ1n) is 7.70. The zero-order valence-electron chi connectivity index (χ0n) is 12.8. The minimum atomic E-state index is -3.72. The molecule has 21 heavy (non-hydrogen) atoms. The maximum absolute atomic E-state index is 11.8. The van der Waals surface area contributed by atoms with Gasteiger partial charge in [-0.1, -0.05) is 13.8 Å². The molecule has 1 saturated heterocycles. The summed E-state index contributed by atoms with van der Waals surface area (Å²) in [7, 11) is -3.72. The fourth-order valence-electron chi connectivity index (χ4n) is 2.96. The van der Waals surface area contributed by atoms with Gasteiger partial charge in [0.2, 0.25) is 10.0 Å². The van der Waals surface area contributed by atoms with Crippen molar-refractivity contribution in [1.82, 2.24) is 9.78 Å². The molecule has 0 spiro atoms. The molecule has 1 aliphatic rings. The van der Waals surface area contributed by atoms with Gasteiger partial charge < -0.3 is 4.74 Å². The maximum atomic E-state index is 11.8. The van der Waals surface area contributed by atoms with Crippen molar-refractivity contribution in [2.45, 2.75) is 69.9 Å². The van der Waals surface area contributed by atoms with Crippen LogP contribution in [0, 0.1) is 0 Å². The minimum absolute atomic E-state index is 0.226. The van der Waals surface area contributed by atoms with E-state index in [0.717, 1.165) is 38.0 Å². The van der Waals surface area contributed by atoms with Crippen LogP contribution >= 0.6 is 0 Å². The number of aryl methyl sites for hydroxylation is 2. The van der Waals surface area contributed by atoms with Crippen LogP contribution in [0.5, 0.6) is 0 Å². The van der Waals surface area contributed by atoms with E-state index in [1.807, 2.05) is 18.5 Å². The highest BCUT2D eigenvalue weighted by atomic mass is 32.2. The molecule has 0 aliphatic carbocycles. The lowest BCUT2D eigenvalue weighted by atomic mass is 10.1. The largest absolute Gasteiger partial charge is 0.378 e. The molecule has 0 saturated carbocycles. The molecule has 1 atom stereocenters. The summed E-state index contributed by atoms with van der Waals surface area (Å²) in [5, 5.41) is 9.80. The number of hydrogen-bond donors (Lipinski definition) is 1. The van der Waals surface area contributed by atoms with Crippen LogP contribution in [0.15, 0.2) is 4.90 Å². The molecule has 2 heterocycles. The molecule has 120 valence electrons. The number of nitrogens with two attached hydrogens (primary N) is 1. The SMILES string of the molecule is CCc1nn(CCCC2CCCO2)c(CC)c1S(N)(=O)=O. The van der Waals surface area contributed by atoms with Crippen LogP contribution in [0.3, 0.4) is 0 Å². The van der Waals surface area contributed by atoms with Gasteiger partial charge in [-0.25, -0.2) is 13.6 Å². The van der Waals surface area contributed by atoms with Gasteiger partial charge in [0.05, 0.1) is 17.5 Å². The first-order chi connectivity index (χ1) is 9.97. The van der Waals surface area contributed by atoms with Crippen LogP contribution in [0.25, 0.3) is 0 Å². The van der Waals surface area contributed by atoms with E-state index in [1.54, 1.807) is 0 Å². The van der Waals surface area contributed by atoms with Gasteiger partial charge >= 0.3 is 0 Å². The third-order valence-electron chi connectivity index (χ3n) is 3.95. The van der Waals surface area contributed by atoms with E-state index in [4.69, 9.17) is 9.88 Å². The summed E-state index contributed by atoms with van der Waals surface area (Å²) >= 11 is 0. The normalized spacial score (nSPS) is 19.3. The molecule has 1 fully saturated rings. The quantitative estimate of drug-likeness (QED) is 0.828. The standard InChI is InChI=1S/C14H25N3O3S/c1-3-12-14(21(15,18)19)13(4-2)17(16-12)9-5-7-11-8-6-10-20-11/h11H,3-10H2,1-2H3,(H2,15,18,19). The third kappa shape index (κ3) is 3.84. The van der Waals surface area contributed by atoms with Crippen molar-refractivity contribution in [3.63, 3.8) is 0 Å². The number of sulfonamides is 1. The van der Waals surface area contributed by atoms with Gasteiger partial charge in [0.15, 0.2) is 0 Å². The van der Waals surface area contributed by atoms with E-state index in [1.165, 1.54) is 0 Å². The Balaban J connectivity index is 2.13. The molecule has 1 unspecified atom stereocenters. The average Bonchev–Trinajstić information content (AvgIpc) is 3.04. The monoisotopic (exact) mass is 315 g/mol. The summed E-state index contributed by atoms with van der Waals surface area (Å²) in [5.41, 5.74) is 1.30. The smallest absolute Gasteiger partial charge is 0.241 e. The molecule has 0 aromatic carbocycles. The summed E-state index contributed by atoms with van der Waals surface area (Å²) in [4.78, 5) is 0.226. The predicted octanol–water partition coefficient (Wildman–Crippen LogP) is 1.61. The topological polar surface area (TPSA) is 87.2 Å². The number of nitrogens with zero attached hydrogens (tertiary/aromatic N) is 2. The number of ether oxygens (including phenoxy) is 1. The van der Waals surface area contributed by atoms with Gasteiger partial charge in [0.1, 0.15) is 4.90 Å². The van der Waals surface area contributed by atoms with Gasteiger partial charge in [-0.15, -0.1) is 0 Å². The first kappa shape index (κ1) is 16.5. The van der Waals surface area contributed by atoms with E-state index in [9.17, 15) is 8.42 Å². The van der Waals surface area contributed by atoms with Gasteiger partial charge in [0, 0.05) is 13.2 Å². The highest BCUT2D eigenvalue weighted by molar-refractivity contribution is 7.89. The van der Waals surface area contributed by atoms with Crippen molar-refractivity contribution in [2.75, 3.05) is 6.61 Å². The molecule has 1 aliphatic heterocycles. The van der Waals surface area contributed by atoms with Crippen LogP contribution in [0.1, 0.15) is 50.9 Å². The third-order valence-corrected chi connectivity index (χ3v) is 4.99. The Bertz CT molecular complexity index is 575. The number of primary sulfonamides is 1. The van der Waals surface area contributed by atoms with E-state index >= 15 is 0 Å². The lowest BCUT2D eigenvalue weighted by molar-refractivity contribution is 0.101. The molecule has 7 heteroatoms. The van der Waals surface area contributed by atoms with E-state index < -0.39 is 10.0 Å². The van der Waals surface area contributed by atoms with Crippen molar-refractivity contribution in [2.24, 2.45) is 5.14 Å². The Morgan fingerprint density at radius 3 is 2.67 bits per heavy atom. The number of hydrogen-bond acceptors (Lipinski definition) is 4.